The van der Waals surface area contributed by atoms with Crippen LogP contribution in [0, 0.1) is 6.92 Å². The Labute approximate surface area is 177 Å². The number of sulfonamides is 1. The van der Waals surface area contributed by atoms with E-state index >= 15 is 0 Å². The Bertz CT molecular complexity index is 998. The number of amides is 1. The lowest BCUT2D eigenvalue weighted by atomic mass is 10.2. The molecule has 0 saturated heterocycles. The smallest absolute Gasteiger partial charge is 0.327 e. The molecule has 0 fully saturated rings. The molecular weight excluding hydrogens is 438 g/mol. The summed E-state index contributed by atoms with van der Waals surface area (Å²) in [6.07, 6.45) is 0.968. The summed E-state index contributed by atoms with van der Waals surface area (Å²) in [5.41, 5.74) is 1.33. The minimum atomic E-state index is -3.76. The molecule has 0 aromatic heterocycles. The normalized spacial score (nSPS) is 11.2. The second-order valence-corrected chi connectivity index (χ2v) is 9.14. The number of halogens is 2. The molecule has 0 bridgehead atoms. The summed E-state index contributed by atoms with van der Waals surface area (Å²) in [5.74, 6) is -4.10. The standard InChI is InChI=1S/C19H20F2N2O5S2/c1-13-5-3-4-6-16(13)23(30(2,26)27)11-18(25)28-12-17(24)22-14-7-9-15(10-8-14)29-19(20)21/h3-10,19H,11-12H2,1-2H3,(H,22,24). The number of para-hydroxylation sites is 1. The number of alkyl halides is 2. The fraction of sp³-hybridized carbons (Fsp3) is 0.263. The fourth-order valence-corrected chi connectivity index (χ4v) is 3.85. The Hall–Kier alpha value is -2.66. The van der Waals surface area contributed by atoms with Crippen LogP contribution in [0.15, 0.2) is 53.4 Å². The summed E-state index contributed by atoms with van der Waals surface area (Å²) in [4.78, 5) is 24.4. The number of nitrogens with zero attached hydrogens (tertiary/aromatic N) is 1. The van der Waals surface area contributed by atoms with Crippen LogP contribution in [-0.2, 0) is 24.3 Å². The molecule has 0 atom stereocenters. The summed E-state index contributed by atoms with van der Waals surface area (Å²) in [6, 6.07) is 12.4. The van der Waals surface area contributed by atoms with Crippen molar-refractivity contribution in [2.75, 3.05) is 29.0 Å². The van der Waals surface area contributed by atoms with E-state index in [2.05, 4.69) is 5.32 Å². The lowest BCUT2D eigenvalue weighted by Gasteiger charge is -2.23. The monoisotopic (exact) mass is 458 g/mol. The molecule has 0 aliphatic rings. The lowest BCUT2D eigenvalue weighted by Crippen LogP contribution is -2.37. The van der Waals surface area contributed by atoms with Gasteiger partial charge in [-0.05, 0) is 42.8 Å². The predicted octanol–water partition coefficient (Wildman–Crippen LogP) is 3.26. The summed E-state index contributed by atoms with van der Waals surface area (Å²) in [7, 11) is -3.76. The number of aryl methyl sites for hydroxylation is 1. The predicted molar refractivity (Wildman–Crippen MR) is 111 cm³/mol. The second-order valence-electron chi connectivity index (χ2n) is 6.17. The van der Waals surface area contributed by atoms with E-state index in [1.807, 2.05) is 0 Å². The number of benzene rings is 2. The lowest BCUT2D eigenvalue weighted by molar-refractivity contribution is -0.145. The number of anilines is 2. The Morgan fingerprint density at radius 3 is 2.33 bits per heavy atom. The highest BCUT2D eigenvalue weighted by Crippen LogP contribution is 2.26. The van der Waals surface area contributed by atoms with E-state index in [1.165, 1.54) is 24.3 Å². The highest BCUT2D eigenvalue weighted by molar-refractivity contribution is 7.99. The van der Waals surface area contributed by atoms with Crippen LogP contribution in [0.4, 0.5) is 20.2 Å². The van der Waals surface area contributed by atoms with Gasteiger partial charge in [0.05, 0.1) is 11.9 Å². The van der Waals surface area contributed by atoms with Gasteiger partial charge in [0.1, 0.15) is 6.54 Å². The van der Waals surface area contributed by atoms with Crippen molar-refractivity contribution in [1.29, 1.82) is 0 Å². The number of rotatable bonds is 9. The first-order chi connectivity index (χ1) is 14.1. The zero-order chi connectivity index (χ0) is 22.3. The largest absolute Gasteiger partial charge is 0.454 e. The molecule has 162 valence electrons. The summed E-state index contributed by atoms with van der Waals surface area (Å²) >= 11 is 0.378. The highest BCUT2D eigenvalue weighted by Gasteiger charge is 2.23. The van der Waals surface area contributed by atoms with Crippen LogP contribution in [0.3, 0.4) is 0 Å². The van der Waals surface area contributed by atoms with Crippen LogP contribution in [-0.4, -0.2) is 45.5 Å². The maximum Gasteiger partial charge on any atom is 0.327 e. The molecule has 2 aromatic rings. The van der Waals surface area contributed by atoms with Gasteiger partial charge in [0.25, 0.3) is 11.7 Å². The third-order valence-electron chi connectivity index (χ3n) is 3.78. The SMILES string of the molecule is Cc1ccccc1N(CC(=O)OCC(=O)Nc1ccc(SC(F)F)cc1)S(C)(=O)=O. The zero-order valence-electron chi connectivity index (χ0n) is 16.2. The molecule has 0 heterocycles. The van der Waals surface area contributed by atoms with E-state index in [0.717, 1.165) is 10.6 Å². The number of esters is 1. The maximum atomic E-state index is 12.3. The first-order valence-electron chi connectivity index (χ1n) is 8.60. The minimum Gasteiger partial charge on any atom is -0.454 e. The molecule has 0 radical (unpaired) electrons. The molecule has 0 unspecified atom stereocenters. The Morgan fingerprint density at radius 1 is 1.13 bits per heavy atom. The van der Waals surface area contributed by atoms with Crippen LogP contribution in [0.5, 0.6) is 0 Å². The van der Waals surface area contributed by atoms with Crippen LogP contribution in [0.25, 0.3) is 0 Å². The molecule has 0 spiro atoms. The molecule has 30 heavy (non-hydrogen) atoms. The van der Waals surface area contributed by atoms with Crippen molar-refractivity contribution in [3.8, 4) is 0 Å². The van der Waals surface area contributed by atoms with Gasteiger partial charge < -0.3 is 10.1 Å². The third kappa shape index (κ3) is 7.30. The van der Waals surface area contributed by atoms with E-state index in [-0.39, 0.29) is 0 Å². The maximum absolute atomic E-state index is 12.3. The molecular formula is C19H20F2N2O5S2. The van der Waals surface area contributed by atoms with Gasteiger partial charge in [-0.15, -0.1) is 0 Å². The van der Waals surface area contributed by atoms with E-state index in [1.54, 1.807) is 31.2 Å². The van der Waals surface area contributed by atoms with Crippen LogP contribution < -0.4 is 9.62 Å². The van der Waals surface area contributed by atoms with Gasteiger partial charge in [0, 0.05) is 10.6 Å². The van der Waals surface area contributed by atoms with Crippen molar-refractivity contribution in [2.24, 2.45) is 0 Å². The minimum absolute atomic E-state index is 0.336. The highest BCUT2D eigenvalue weighted by atomic mass is 32.2. The molecule has 0 saturated carbocycles. The van der Waals surface area contributed by atoms with Crippen LogP contribution >= 0.6 is 11.8 Å². The third-order valence-corrected chi connectivity index (χ3v) is 5.63. The average Bonchev–Trinajstić information content (AvgIpc) is 2.65. The first-order valence-corrected chi connectivity index (χ1v) is 11.3. The molecule has 2 aromatic carbocycles. The van der Waals surface area contributed by atoms with Crippen molar-refractivity contribution < 1.29 is 31.5 Å². The zero-order valence-corrected chi connectivity index (χ0v) is 17.8. The number of carbonyl (C=O) groups excluding carboxylic acids is 2. The van der Waals surface area contributed by atoms with Gasteiger partial charge in [-0.25, -0.2) is 8.42 Å². The Kier molecular flexibility index (Phi) is 8.18. The van der Waals surface area contributed by atoms with E-state index in [9.17, 15) is 26.8 Å². The average molecular weight is 459 g/mol. The summed E-state index contributed by atoms with van der Waals surface area (Å²) in [5, 5.41) is 2.46. The van der Waals surface area contributed by atoms with Crippen molar-refractivity contribution in [2.45, 2.75) is 17.6 Å². The van der Waals surface area contributed by atoms with Gasteiger partial charge in [-0.2, -0.15) is 8.78 Å². The molecule has 1 amide bonds. The van der Waals surface area contributed by atoms with Gasteiger partial charge in [-0.1, -0.05) is 30.0 Å². The van der Waals surface area contributed by atoms with Crippen LogP contribution in [0.2, 0.25) is 0 Å². The van der Waals surface area contributed by atoms with Crippen molar-refractivity contribution >= 4 is 45.0 Å². The fourth-order valence-electron chi connectivity index (χ4n) is 2.45. The topological polar surface area (TPSA) is 92.8 Å². The molecule has 7 nitrogen and oxygen atoms in total. The second kappa shape index (κ2) is 10.4. The van der Waals surface area contributed by atoms with Crippen molar-refractivity contribution in [1.82, 2.24) is 0 Å². The Morgan fingerprint density at radius 2 is 1.77 bits per heavy atom. The van der Waals surface area contributed by atoms with Crippen molar-refractivity contribution in [3.63, 3.8) is 0 Å². The molecule has 1 N–H and O–H groups in total. The summed E-state index contributed by atoms with van der Waals surface area (Å²) < 4.78 is 54.6. The van der Waals surface area contributed by atoms with E-state index in [0.29, 0.717) is 33.6 Å². The molecule has 2 rings (SSSR count). The molecule has 0 aliphatic heterocycles. The van der Waals surface area contributed by atoms with E-state index in [4.69, 9.17) is 4.74 Å². The quantitative estimate of drug-likeness (QED) is 0.458. The van der Waals surface area contributed by atoms with Gasteiger partial charge in [0.2, 0.25) is 10.0 Å². The molecule has 0 aliphatic carbocycles. The number of hydrogen-bond donors (Lipinski definition) is 1. The first kappa shape index (κ1) is 23.6. The molecule has 11 heteroatoms. The summed E-state index contributed by atoms with van der Waals surface area (Å²) in [6.45, 7) is 0.492. The number of thioether (sulfide) groups is 1. The number of nitrogens with one attached hydrogen (secondary N) is 1. The van der Waals surface area contributed by atoms with Gasteiger partial charge in [-0.3, -0.25) is 13.9 Å². The van der Waals surface area contributed by atoms with Crippen molar-refractivity contribution in [3.05, 3.63) is 54.1 Å². The Balaban J connectivity index is 1.92. The number of hydrogen-bond acceptors (Lipinski definition) is 6. The van der Waals surface area contributed by atoms with Gasteiger partial charge in [0.15, 0.2) is 6.61 Å². The van der Waals surface area contributed by atoms with E-state index < -0.39 is 40.8 Å². The van der Waals surface area contributed by atoms with Crippen LogP contribution in [0.1, 0.15) is 5.56 Å². The number of ether oxygens (including phenoxy) is 1. The number of carbonyl (C=O) groups is 2. The van der Waals surface area contributed by atoms with Gasteiger partial charge >= 0.3 is 5.97 Å².